The number of amides is 1. The molecule has 9 nitrogen and oxygen atoms in total. The second-order valence-electron chi connectivity index (χ2n) is 8.64. The van der Waals surface area contributed by atoms with Gasteiger partial charge in [0.25, 0.3) is 5.91 Å². The van der Waals surface area contributed by atoms with Crippen LogP contribution in [0.15, 0.2) is 46.1 Å². The van der Waals surface area contributed by atoms with Crippen LogP contribution in [0.1, 0.15) is 50.4 Å². The maximum absolute atomic E-state index is 13.7. The lowest BCUT2D eigenvalue weighted by Crippen LogP contribution is -2.31. The number of aromatic nitrogens is 4. The number of benzene rings is 2. The fourth-order valence-electron chi connectivity index (χ4n) is 4.05. The van der Waals surface area contributed by atoms with E-state index < -0.39 is 6.04 Å². The van der Waals surface area contributed by atoms with E-state index in [-0.39, 0.29) is 12.0 Å². The highest BCUT2D eigenvalue weighted by atomic mass is 79.9. The monoisotopic (exact) mass is 540 g/mol. The Balaban J connectivity index is 1.82. The van der Waals surface area contributed by atoms with E-state index >= 15 is 0 Å². The predicted molar refractivity (Wildman–Crippen MR) is 138 cm³/mol. The minimum atomic E-state index is -0.588. The van der Waals surface area contributed by atoms with Crippen LogP contribution in [0.4, 0.5) is 11.6 Å². The number of rotatable bonds is 7. The van der Waals surface area contributed by atoms with Crippen molar-refractivity contribution in [2.75, 3.05) is 17.2 Å². The van der Waals surface area contributed by atoms with Crippen molar-refractivity contribution in [3.05, 3.63) is 62.8 Å². The average Bonchev–Trinajstić information content (AvgIpc) is 3.26. The first-order chi connectivity index (χ1) is 16.7. The average molecular weight is 541 g/mol. The molecule has 1 aliphatic rings. The molecular formula is C25H29BrN6O3. The number of hydrogen-bond donors (Lipinski definition) is 2. The van der Waals surface area contributed by atoms with E-state index in [1.54, 1.807) is 4.68 Å². The van der Waals surface area contributed by atoms with Crippen molar-refractivity contribution in [1.29, 1.82) is 0 Å². The second kappa shape index (κ2) is 10.1. The highest BCUT2D eigenvalue weighted by Crippen LogP contribution is 2.43. The minimum absolute atomic E-state index is 0.0394. The van der Waals surface area contributed by atoms with Crippen molar-refractivity contribution in [3.63, 3.8) is 0 Å². The number of nitrogens with zero attached hydrogens (tertiary/aromatic N) is 4. The van der Waals surface area contributed by atoms with Gasteiger partial charge in [-0.15, -0.1) is 0 Å². The van der Waals surface area contributed by atoms with Crippen molar-refractivity contribution in [1.82, 2.24) is 20.2 Å². The number of carbonyl (C=O) groups is 1. The highest BCUT2D eigenvalue weighted by molar-refractivity contribution is 9.10. The number of aryl methyl sites for hydroxylation is 1. The van der Waals surface area contributed by atoms with E-state index in [0.717, 1.165) is 22.4 Å². The molecule has 1 unspecified atom stereocenters. The molecule has 0 saturated carbocycles. The Kier molecular flexibility index (Phi) is 7.11. The first kappa shape index (κ1) is 24.7. The maximum Gasteiger partial charge on any atom is 0.255 e. The van der Waals surface area contributed by atoms with Gasteiger partial charge in [0.05, 0.1) is 22.8 Å². The molecule has 0 saturated heterocycles. The fraction of sp³-hybridized carbons (Fsp3) is 0.360. The summed E-state index contributed by atoms with van der Waals surface area (Å²) in [7, 11) is 0. The van der Waals surface area contributed by atoms with Crippen LogP contribution < -0.4 is 20.1 Å². The predicted octanol–water partition coefficient (Wildman–Crippen LogP) is 5.17. The summed E-state index contributed by atoms with van der Waals surface area (Å²) < 4.78 is 14.2. The number of carbonyl (C=O) groups excluding carboxylic acids is 1. The molecule has 2 aromatic carbocycles. The Morgan fingerprint density at radius 1 is 1.26 bits per heavy atom. The third-order valence-electron chi connectivity index (χ3n) is 5.81. The van der Waals surface area contributed by atoms with Gasteiger partial charge in [0.1, 0.15) is 6.04 Å². The summed E-state index contributed by atoms with van der Waals surface area (Å²) in [6.45, 7) is 12.1. The third-order valence-corrected chi connectivity index (χ3v) is 6.40. The van der Waals surface area contributed by atoms with Gasteiger partial charge in [0, 0.05) is 11.4 Å². The second-order valence-corrected chi connectivity index (χ2v) is 9.50. The van der Waals surface area contributed by atoms with Crippen LogP contribution in [0, 0.1) is 13.8 Å². The zero-order chi connectivity index (χ0) is 25.3. The number of tetrazole rings is 1. The van der Waals surface area contributed by atoms with Gasteiger partial charge in [-0.05, 0) is 103 Å². The van der Waals surface area contributed by atoms with Crippen molar-refractivity contribution in [3.8, 4) is 11.5 Å². The summed E-state index contributed by atoms with van der Waals surface area (Å²) >= 11 is 3.64. The van der Waals surface area contributed by atoms with Gasteiger partial charge in [-0.25, -0.2) is 0 Å². The number of nitrogens with one attached hydrogen (secondary N) is 2. The van der Waals surface area contributed by atoms with Gasteiger partial charge in [-0.1, -0.05) is 17.2 Å². The van der Waals surface area contributed by atoms with Crippen molar-refractivity contribution in [2.45, 2.75) is 53.7 Å². The molecule has 1 atom stereocenters. The standard InChI is InChI=1S/C25H29BrN6O3/c1-7-34-20-12-17(11-18(26)23(20)35-13(2)3)22-21(16(6)27-25-29-30-31-32(22)25)24(33)28-19-10-8-9-14(4)15(19)5/h8-13,22H,7H2,1-6H3,(H,28,33)(H,27,29,31). The summed E-state index contributed by atoms with van der Waals surface area (Å²) in [5.74, 6) is 1.39. The van der Waals surface area contributed by atoms with E-state index in [1.165, 1.54) is 0 Å². The molecule has 0 spiro atoms. The topological polar surface area (TPSA) is 103 Å². The quantitative estimate of drug-likeness (QED) is 0.426. The molecule has 35 heavy (non-hydrogen) atoms. The Labute approximate surface area is 213 Å². The van der Waals surface area contributed by atoms with Crippen LogP contribution in [0.2, 0.25) is 0 Å². The van der Waals surface area contributed by atoms with Crippen LogP contribution in [0.25, 0.3) is 0 Å². The Hall–Kier alpha value is -3.40. The zero-order valence-electron chi connectivity index (χ0n) is 20.6. The van der Waals surface area contributed by atoms with Crippen LogP contribution in [-0.2, 0) is 4.79 Å². The van der Waals surface area contributed by atoms with Crippen molar-refractivity contribution in [2.24, 2.45) is 0 Å². The minimum Gasteiger partial charge on any atom is -0.490 e. The van der Waals surface area contributed by atoms with Gasteiger partial charge in [0.15, 0.2) is 11.5 Å². The molecule has 184 valence electrons. The van der Waals surface area contributed by atoms with Crippen LogP contribution >= 0.6 is 15.9 Å². The molecule has 2 N–H and O–H groups in total. The molecule has 1 amide bonds. The van der Waals surface area contributed by atoms with Crippen molar-refractivity contribution >= 4 is 33.5 Å². The van der Waals surface area contributed by atoms with Gasteiger partial charge >= 0.3 is 0 Å². The van der Waals surface area contributed by atoms with E-state index in [1.807, 2.05) is 71.9 Å². The number of halogens is 1. The highest BCUT2D eigenvalue weighted by Gasteiger charge is 2.35. The lowest BCUT2D eigenvalue weighted by molar-refractivity contribution is -0.113. The SMILES string of the molecule is CCOc1cc(C2C(C(=O)Nc3cccc(C)c3C)=C(C)Nc3nnnn32)cc(Br)c1OC(C)C. The zero-order valence-corrected chi connectivity index (χ0v) is 22.2. The first-order valence-corrected chi connectivity index (χ1v) is 12.3. The summed E-state index contributed by atoms with van der Waals surface area (Å²) in [6, 6.07) is 9.04. The summed E-state index contributed by atoms with van der Waals surface area (Å²) in [5.41, 5.74) is 4.80. The third kappa shape index (κ3) is 4.88. The lowest BCUT2D eigenvalue weighted by atomic mass is 9.94. The number of anilines is 2. The number of allylic oxidation sites excluding steroid dienone is 1. The number of hydrogen-bond acceptors (Lipinski definition) is 7. The van der Waals surface area contributed by atoms with Gasteiger partial charge < -0.3 is 20.1 Å². The van der Waals surface area contributed by atoms with E-state index in [2.05, 4.69) is 42.1 Å². The van der Waals surface area contributed by atoms with E-state index in [4.69, 9.17) is 9.47 Å². The van der Waals surface area contributed by atoms with Crippen LogP contribution in [0.5, 0.6) is 11.5 Å². The van der Waals surface area contributed by atoms with Gasteiger partial charge in [0.2, 0.25) is 5.95 Å². The van der Waals surface area contributed by atoms with Crippen LogP contribution in [-0.4, -0.2) is 38.8 Å². The molecule has 4 rings (SSSR count). The molecule has 0 radical (unpaired) electrons. The van der Waals surface area contributed by atoms with Gasteiger partial charge in [-0.3, -0.25) is 4.79 Å². The van der Waals surface area contributed by atoms with Crippen LogP contribution in [0.3, 0.4) is 0 Å². The molecule has 1 aliphatic heterocycles. The largest absolute Gasteiger partial charge is 0.490 e. The van der Waals surface area contributed by atoms with E-state index in [9.17, 15) is 4.79 Å². The summed E-state index contributed by atoms with van der Waals surface area (Å²) in [6.07, 6.45) is -0.0394. The Morgan fingerprint density at radius 2 is 2.03 bits per heavy atom. The molecule has 0 bridgehead atoms. The first-order valence-electron chi connectivity index (χ1n) is 11.5. The molecule has 0 aliphatic carbocycles. The lowest BCUT2D eigenvalue weighted by Gasteiger charge is -2.29. The molecule has 1 aromatic heterocycles. The molecule has 10 heteroatoms. The number of ether oxygens (including phenoxy) is 2. The Morgan fingerprint density at radius 3 is 2.74 bits per heavy atom. The van der Waals surface area contributed by atoms with Crippen molar-refractivity contribution < 1.29 is 14.3 Å². The smallest absolute Gasteiger partial charge is 0.255 e. The molecule has 0 fully saturated rings. The molecule has 2 heterocycles. The Bertz CT molecular complexity index is 1300. The fourth-order valence-corrected chi connectivity index (χ4v) is 4.60. The van der Waals surface area contributed by atoms with Gasteiger partial charge in [-0.2, -0.15) is 4.68 Å². The van der Waals surface area contributed by atoms with E-state index in [0.29, 0.717) is 39.8 Å². The molecule has 3 aromatic rings. The summed E-state index contributed by atoms with van der Waals surface area (Å²) in [4.78, 5) is 13.7. The molecular weight excluding hydrogens is 512 g/mol. The number of fused-ring (bicyclic) bond motifs is 1. The normalized spacial score (nSPS) is 15.0. The maximum atomic E-state index is 13.7. The summed E-state index contributed by atoms with van der Waals surface area (Å²) in [5, 5.41) is 18.3.